The van der Waals surface area contributed by atoms with Gasteiger partial charge in [0.2, 0.25) is 0 Å². The Kier molecular flexibility index (Phi) is 12.0. The van der Waals surface area contributed by atoms with Gasteiger partial charge in [0.25, 0.3) is 0 Å². The van der Waals surface area contributed by atoms with Gasteiger partial charge in [-0.05, 0) is 62.9 Å². The number of methoxy groups -OCH3 is 1. The first kappa shape index (κ1) is 27.4. The van der Waals surface area contributed by atoms with Crippen LogP contribution in [0.1, 0.15) is 56.2 Å². The minimum absolute atomic E-state index is 0. The molecule has 0 bridgehead atoms. The van der Waals surface area contributed by atoms with Crippen molar-refractivity contribution in [2.45, 2.75) is 59.5 Å². The molecule has 1 fully saturated rings. The van der Waals surface area contributed by atoms with Crippen molar-refractivity contribution in [1.29, 1.82) is 0 Å². The van der Waals surface area contributed by atoms with E-state index in [0.29, 0.717) is 12.5 Å². The summed E-state index contributed by atoms with van der Waals surface area (Å²) >= 11 is 0. The van der Waals surface area contributed by atoms with Gasteiger partial charge >= 0.3 is 0 Å². The maximum Gasteiger partial charge on any atom is 0.191 e. The molecule has 0 saturated carbocycles. The molecule has 1 aromatic carbocycles. The average Bonchev–Trinajstić information content (AvgIpc) is 3.24. The van der Waals surface area contributed by atoms with Crippen molar-refractivity contribution < 1.29 is 9.26 Å². The Hall–Kier alpha value is -1.81. The minimum Gasteiger partial charge on any atom is -0.497 e. The fourth-order valence-electron chi connectivity index (χ4n) is 4.20. The van der Waals surface area contributed by atoms with E-state index in [1.165, 1.54) is 18.4 Å². The Balaban J connectivity index is 0.00000385. The molecule has 7 nitrogen and oxygen atoms in total. The molecule has 0 amide bonds. The van der Waals surface area contributed by atoms with Crippen molar-refractivity contribution in [3.63, 3.8) is 0 Å². The molecule has 0 unspecified atom stereocenters. The molecule has 8 heteroatoms. The Morgan fingerprint density at radius 3 is 2.45 bits per heavy atom. The highest BCUT2D eigenvalue weighted by atomic mass is 127. The predicted octanol–water partition coefficient (Wildman–Crippen LogP) is 4.39. The van der Waals surface area contributed by atoms with Crippen LogP contribution in [-0.4, -0.2) is 49.3 Å². The number of halogens is 1. The van der Waals surface area contributed by atoms with Crippen LogP contribution in [0, 0.1) is 5.92 Å². The van der Waals surface area contributed by atoms with Crippen molar-refractivity contribution in [2.24, 2.45) is 10.9 Å². The lowest BCUT2D eigenvalue weighted by atomic mass is 9.96. The van der Waals surface area contributed by atoms with E-state index in [4.69, 9.17) is 14.3 Å². The molecular formula is C25H40IN5O2. The molecule has 2 N–H and O–H groups in total. The van der Waals surface area contributed by atoms with Gasteiger partial charge in [-0.25, -0.2) is 4.99 Å². The summed E-state index contributed by atoms with van der Waals surface area (Å²) in [6, 6.07) is 8.41. The number of benzene rings is 1. The number of hydrogen-bond donors (Lipinski definition) is 2. The number of nitrogens with zero attached hydrogens (tertiary/aromatic N) is 3. The molecule has 1 aliphatic rings. The fraction of sp³-hybridized carbons (Fsp3) is 0.600. The first-order valence-corrected chi connectivity index (χ1v) is 12.0. The van der Waals surface area contributed by atoms with E-state index in [0.717, 1.165) is 74.3 Å². The van der Waals surface area contributed by atoms with Crippen LogP contribution in [0.3, 0.4) is 0 Å². The Bertz CT molecular complexity index is 823. The van der Waals surface area contributed by atoms with E-state index in [9.17, 15) is 0 Å². The van der Waals surface area contributed by atoms with Crippen molar-refractivity contribution in [1.82, 2.24) is 20.7 Å². The van der Waals surface area contributed by atoms with Gasteiger partial charge in [-0.15, -0.1) is 24.0 Å². The summed E-state index contributed by atoms with van der Waals surface area (Å²) < 4.78 is 10.7. The van der Waals surface area contributed by atoms with Gasteiger partial charge in [0.05, 0.1) is 19.3 Å². The molecular weight excluding hydrogens is 529 g/mol. The van der Waals surface area contributed by atoms with Crippen LogP contribution in [0.4, 0.5) is 0 Å². The van der Waals surface area contributed by atoms with Crippen LogP contribution in [0.2, 0.25) is 0 Å². The summed E-state index contributed by atoms with van der Waals surface area (Å²) in [5.41, 5.74) is 3.50. The molecule has 184 valence electrons. The smallest absolute Gasteiger partial charge is 0.191 e. The highest BCUT2D eigenvalue weighted by molar-refractivity contribution is 14.0. The lowest BCUT2D eigenvalue weighted by molar-refractivity contribution is 0.178. The first-order chi connectivity index (χ1) is 15.7. The predicted molar refractivity (Wildman–Crippen MR) is 144 cm³/mol. The normalized spacial score (nSPS) is 15.2. The van der Waals surface area contributed by atoms with Gasteiger partial charge < -0.3 is 19.9 Å². The van der Waals surface area contributed by atoms with Gasteiger partial charge in [0.15, 0.2) is 5.96 Å². The Morgan fingerprint density at radius 2 is 1.85 bits per heavy atom. The van der Waals surface area contributed by atoms with Crippen molar-refractivity contribution in [3.8, 4) is 5.75 Å². The number of hydrogen-bond acceptors (Lipinski definition) is 5. The zero-order valence-electron chi connectivity index (χ0n) is 20.5. The summed E-state index contributed by atoms with van der Waals surface area (Å²) in [6.07, 6.45) is 4.12. The molecule has 0 radical (unpaired) electrons. The van der Waals surface area contributed by atoms with Gasteiger partial charge in [-0.1, -0.05) is 31.1 Å². The number of guanidine groups is 1. The largest absolute Gasteiger partial charge is 0.497 e. The second-order valence-electron chi connectivity index (χ2n) is 8.38. The standard InChI is InChI=1S/C25H39N5O2.HI/c1-5-23-22(24(6-2)32-29-23)17-28-25(26-7-3)27-16-19-12-14-30(15-13-19)18-20-8-10-21(31-4)11-9-20;/h8-11,19H,5-7,12-18H2,1-4H3,(H2,26,27,28);1H. The van der Waals surface area contributed by atoms with Gasteiger partial charge in [-0.2, -0.15) is 0 Å². The average molecular weight is 570 g/mol. The highest BCUT2D eigenvalue weighted by Gasteiger charge is 2.20. The quantitative estimate of drug-likeness (QED) is 0.251. The van der Waals surface area contributed by atoms with Crippen molar-refractivity contribution >= 4 is 29.9 Å². The van der Waals surface area contributed by atoms with Crippen LogP contribution in [0.15, 0.2) is 33.8 Å². The maximum atomic E-state index is 5.48. The van der Waals surface area contributed by atoms with Crippen LogP contribution in [-0.2, 0) is 25.9 Å². The van der Waals surface area contributed by atoms with Crippen molar-refractivity contribution in [3.05, 3.63) is 46.8 Å². The second-order valence-corrected chi connectivity index (χ2v) is 8.38. The summed E-state index contributed by atoms with van der Waals surface area (Å²) in [5.74, 6) is 3.40. The lowest BCUT2D eigenvalue weighted by Gasteiger charge is -2.32. The first-order valence-electron chi connectivity index (χ1n) is 12.0. The zero-order valence-corrected chi connectivity index (χ0v) is 22.9. The zero-order chi connectivity index (χ0) is 22.8. The van der Waals surface area contributed by atoms with Gasteiger partial charge in [0.1, 0.15) is 11.5 Å². The van der Waals surface area contributed by atoms with Crippen LogP contribution in [0.5, 0.6) is 5.75 Å². The van der Waals surface area contributed by atoms with E-state index in [-0.39, 0.29) is 24.0 Å². The third-order valence-corrected chi connectivity index (χ3v) is 6.18. The molecule has 1 saturated heterocycles. The summed E-state index contributed by atoms with van der Waals surface area (Å²) in [7, 11) is 1.71. The topological polar surface area (TPSA) is 74.9 Å². The minimum atomic E-state index is 0. The lowest BCUT2D eigenvalue weighted by Crippen LogP contribution is -2.42. The van der Waals surface area contributed by atoms with Crippen LogP contribution in [0.25, 0.3) is 0 Å². The van der Waals surface area contributed by atoms with E-state index >= 15 is 0 Å². The Morgan fingerprint density at radius 1 is 1.12 bits per heavy atom. The SMILES string of the molecule is CCNC(=NCc1c(CC)noc1CC)NCC1CCN(Cc2ccc(OC)cc2)CC1.I. The third kappa shape index (κ3) is 8.17. The molecule has 2 heterocycles. The van der Waals surface area contributed by atoms with E-state index in [1.807, 2.05) is 12.1 Å². The summed E-state index contributed by atoms with van der Waals surface area (Å²) in [6.45, 7) is 12.0. The number of aryl methyl sites for hydroxylation is 2. The van der Waals surface area contributed by atoms with E-state index in [1.54, 1.807) is 7.11 Å². The van der Waals surface area contributed by atoms with Crippen LogP contribution < -0.4 is 15.4 Å². The number of aliphatic imine (C=N–C) groups is 1. The fourth-order valence-corrected chi connectivity index (χ4v) is 4.20. The molecule has 2 aromatic rings. The number of piperidine rings is 1. The van der Waals surface area contributed by atoms with E-state index in [2.05, 4.69) is 53.6 Å². The number of likely N-dealkylation sites (tertiary alicyclic amines) is 1. The maximum absolute atomic E-state index is 5.48. The molecule has 0 aliphatic carbocycles. The molecule has 1 aliphatic heterocycles. The number of nitrogens with one attached hydrogen (secondary N) is 2. The summed E-state index contributed by atoms with van der Waals surface area (Å²) in [5, 5.41) is 11.1. The number of rotatable bonds is 10. The number of aromatic nitrogens is 1. The molecule has 1 aromatic heterocycles. The third-order valence-electron chi connectivity index (χ3n) is 6.18. The molecule has 33 heavy (non-hydrogen) atoms. The molecule has 0 atom stereocenters. The monoisotopic (exact) mass is 569 g/mol. The van der Waals surface area contributed by atoms with Crippen LogP contribution >= 0.6 is 24.0 Å². The highest BCUT2D eigenvalue weighted by Crippen LogP contribution is 2.20. The summed E-state index contributed by atoms with van der Waals surface area (Å²) in [4.78, 5) is 7.36. The Labute approximate surface area is 215 Å². The van der Waals surface area contributed by atoms with Gasteiger partial charge in [0, 0.05) is 31.6 Å². The number of ether oxygens (including phenoxy) is 1. The molecule has 3 rings (SSSR count). The van der Waals surface area contributed by atoms with E-state index < -0.39 is 0 Å². The van der Waals surface area contributed by atoms with Crippen molar-refractivity contribution in [2.75, 3.05) is 33.3 Å². The second kappa shape index (κ2) is 14.5. The molecule has 0 spiro atoms. The van der Waals surface area contributed by atoms with Gasteiger partial charge in [-0.3, -0.25) is 4.90 Å².